The predicted molar refractivity (Wildman–Crippen MR) is 113 cm³/mol. The van der Waals surface area contributed by atoms with Crippen molar-refractivity contribution in [3.8, 4) is 0 Å². The van der Waals surface area contributed by atoms with Crippen LogP contribution < -0.4 is 10.6 Å². The molecule has 0 atom stereocenters. The average Bonchev–Trinajstić information content (AvgIpc) is 3.24. The molecule has 0 saturated carbocycles. The van der Waals surface area contributed by atoms with Crippen LogP contribution in [0.4, 0.5) is 0 Å². The Kier molecular flexibility index (Phi) is 7.32. The lowest BCUT2D eigenvalue weighted by atomic mass is 10.1. The number of aryl methyl sites for hydroxylation is 2. The van der Waals surface area contributed by atoms with E-state index in [4.69, 9.17) is 14.6 Å². The summed E-state index contributed by atoms with van der Waals surface area (Å²) in [6, 6.07) is 3.29. The zero-order valence-corrected chi connectivity index (χ0v) is 18.5. The summed E-state index contributed by atoms with van der Waals surface area (Å²) in [5.74, 6) is 0.0406. The highest BCUT2D eigenvalue weighted by Gasteiger charge is 2.21. The summed E-state index contributed by atoms with van der Waals surface area (Å²) in [6.07, 6.45) is 3.67. The van der Waals surface area contributed by atoms with Crippen LogP contribution in [0.25, 0.3) is 12.7 Å². The number of nitrogens with zero attached hydrogens (tertiary/aromatic N) is 1. The third-order valence-electron chi connectivity index (χ3n) is 4.37. The topological polar surface area (TPSA) is 94.8 Å². The van der Waals surface area contributed by atoms with E-state index in [1.165, 1.54) is 31.8 Å². The summed E-state index contributed by atoms with van der Waals surface area (Å²) in [5.41, 5.74) is 0.551. The quantitative estimate of drug-likeness (QED) is 0.602. The fraction of sp³-hybridized carbons (Fsp3) is 0.350. The lowest BCUT2D eigenvalue weighted by Gasteiger charge is -2.08. The number of thiophene rings is 1. The van der Waals surface area contributed by atoms with Crippen LogP contribution in [0.5, 0.6) is 0 Å². The van der Waals surface area contributed by atoms with E-state index in [0.717, 1.165) is 8.85 Å². The number of aliphatic carboxylic acids is 1. The molecule has 2 aromatic heterocycles. The van der Waals surface area contributed by atoms with Gasteiger partial charge in [-0.3, -0.25) is 4.79 Å². The Morgan fingerprint density at radius 1 is 1.31 bits per heavy atom. The first-order valence-electron chi connectivity index (χ1n) is 8.91. The molecule has 2 heterocycles. The van der Waals surface area contributed by atoms with E-state index in [1.807, 2.05) is 13.8 Å². The zero-order chi connectivity index (χ0) is 21.8. The molecule has 0 radical (unpaired) electrons. The van der Waals surface area contributed by atoms with Crippen LogP contribution in [-0.4, -0.2) is 37.7 Å². The van der Waals surface area contributed by atoms with E-state index in [0.29, 0.717) is 28.7 Å². The van der Waals surface area contributed by atoms with E-state index in [1.54, 1.807) is 18.2 Å². The Hall–Kier alpha value is -2.52. The molecular formula is C20H25NO6S2. The molecule has 2 rings (SSSR count). The number of rotatable bonds is 9. The number of ether oxygens (including phenoxy) is 2. The minimum Gasteiger partial charge on any atom is -0.497 e. The number of allylic oxidation sites excluding steroid dienone is 2. The first kappa shape index (κ1) is 22.8. The number of carbonyl (C=O) groups is 1. The van der Waals surface area contributed by atoms with Crippen molar-refractivity contribution in [2.45, 2.75) is 37.3 Å². The van der Waals surface area contributed by atoms with Gasteiger partial charge in [0.1, 0.15) is 9.97 Å². The monoisotopic (exact) mass is 439 g/mol. The molecule has 0 unspecified atom stereocenters. The zero-order valence-electron chi connectivity index (χ0n) is 16.9. The molecule has 0 aliphatic carbocycles. The summed E-state index contributed by atoms with van der Waals surface area (Å²) < 4.78 is 38.3. The molecule has 158 valence electrons. The van der Waals surface area contributed by atoms with E-state index in [-0.39, 0.29) is 22.4 Å². The van der Waals surface area contributed by atoms with Gasteiger partial charge in [-0.2, -0.15) is 8.42 Å². The molecular weight excluding hydrogens is 414 g/mol. The maximum absolute atomic E-state index is 13.1. The third-order valence-corrected chi connectivity index (χ3v) is 7.54. The highest BCUT2D eigenvalue weighted by atomic mass is 32.2. The number of methoxy groups -OCH3 is 2. The number of hydrogen-bond acceptors (Lipinski definition) is 6. The molecule has 29 heavy (non-hydrogen) atoms. The highest BCUT2D eigenvalue weighted by molar-refractivity contribution is 7.92. The van der Waals surface area contributed by atoms with Crippen molar-refractivity contribution < 1.29 is 27.8 Å². The average molecular weight is 440 g/mol. The van der Waals surface area contributed by atoms with Crippen molar-refractivity contribution in [1.29, 1.82) is 0 Å². The normalized spacial score (nSPS) is 13.3. The van der Waals surface area contributed by atoms with Gasteiger partial charge >= 0.3 is 5.97 Å². The molecule has 0 aliphatic rings. The smallest absolute Gasteiger partial charge is 0.303 e. The second kappa shape index (κ2) is 9.32. The van der Waals surface area contributed by atoms with Gasteiger partial charge in [0.2, 0.25) is 0 Å². The van der Waals surface area contributed by atoms with Crippen molar-refractivity contribution in [3.05, 3.63) is 50.9 Å². The highest BCUT2D eigenvalue weighted by Crippen LogP contribution is 2.22. The van der Waals surface area contributed by atoms with Gasteiger partial charge in [-0.1, -0.05) is 13.5 Å². The Morgan fingerprint density at radius 2 is 2.00 bits per heavy atom. The lowest BCUT2D eigenvalue weighted by Crippen LogP contribution is -2.32. The second-order valence-corrected chi connectivity index (χ2v) is 9.60. The largest absolute Gasteiger partial charge is 0.497 e. The van der Waals surface area contributed by atoms with E-state index < -0.39 is 16.0 Å². The number of hydrogen-bond donors (Lipinski definition) is 1. The van der Waals surface area contributed by atoms with E-state index in [2.05, 4.69) is 6.58 Å². The molecule has 0 amide bonds. The van der Waals surface area contributed by atoms with Crippen molar-refractivity contribution in [2.75, 3.05) is 14.2 Å². The summed E-state index contributed by atoms with van der Waals surface area (Å²) in [7, 11) is -0.833. The van der Waals surface area contributed by atoms with Gasteiger partial charge < -0.3 is 14.6 Å². The molecule has 0 aromatic carbocycles. The third kappa shape index (κ3) is 4.91. The van der Waals surface area contributed by atoms with Crippen LogP contribution in [0.2, 0.25) is 0 Å². The van der Waals surface area contributed by atoms with Gasteiger partial charge in [-0.25, -0.2) is 3.97 Å². The molecule has 1 N–H and O–H groups in total. The maximum Gasteiger partial charge on any atom is 0.303 e. The summed E-state index contributed by atoms with van der Waals surface area (Å²) in [6.45, 7) is 7.68. The molecule has 2 aromatic rings. The summed E-state index contributed by atoms with van der Waals surface area (Å²) >= 11 is 1.17. The van der Waals surface area contributed by atoms with Crippen molar-refractivity contribution in [1.82, 2.24) is 3.97 Å². The molecule has 9 heteroatoms. The lowest BCUT2D eigenvalue weighted by molar-refractivity contribution is -0.136. The molecule has 0 bridgehead atoms. The van der Waals surface area contributed by atoms with Crippen molar-refractivity contribution in [2.24, 2.45) is 0 Å². The van der Waals surface area contributed by atoms with Gasteiger partial charge in [-0.15, -0.1) is 11.3 Å². The Balaban J connectivity index is 2.76. The number of carboxylic acid groups (broad SMARTS) is 1. The van der Waals surface area contributed by atoms with Crippen LogP contribution in [0.3, 0.4) is 0 Å². The van der Waals surface area contributed by atoms with Crippen LogP contribution in [0.1, 0.15) is 30.2 Å². The fourth-order valence-electron chi connectivity index (χ4n) is 2.88. The van der Waals surface area contributed by atoms with Crippen LogP contribution >= 0.6 is 11.3 Å². The molecule has 0 saturated heterocycles. The van der Waals surface area contributed by atoms with Crippen molar-refractivity contribution >= 4 is 40.0 Å². The molecule has 0 fully saturated rings. The Labute approximate surface area is 174 Å². The van der Waals surface area contributed by atoms with E-state index in [9.17, 15) is 13.2 Å². The summed E-state index contributed by atoms with van der Waals surface area (Å²) in [4.78, 5) is 11.9. The van der Waals surface area contributed by atoms with Crippen LogP contribution in [0.15, 0.2) is 34.1 Å². The minimum atomic E-state index is -3.85. The van der Waals surface area contributed by atoms with Gasteiger partial charge in [0.05, 0.1) is 19.6 Å². The molecule has 7 nitrogen and oxygen atoms in total. The Morgan fingerprint density at radius 3 is 2.48 bits per heavy atom. The first-order valence-corrected chi connectivity index (χ1v) is 11.2. The maximum atomic E-state index is 13.1. The number of carboxylic acids is 1. The number of aromatic nitrogens is 1. The van der Waals surface area contributed by atoms with E-state index >= 15 is 0 Å². The van der Waals surface area contributed by atoms with Crippen LogP contribution in [-0.2, 0) is 30.7 Å². The van der Waals surface area contributed by atoms with Crippen LogP contribution in [0, 0.1) is 6.92 Å². The van der Waals surface area contributed by atoms with Crippen molar-refractivity contribution in [3.63, 3.8) is 0 Å². The van der Waals surface area contributed by atoms with Gasteiger partial charge in [0.25, 0.3) is 10.0 Å². The molecule has 0 aliphatic heterocycles. The molecule has 0 spiro atoms. The Bertz CT molecular complexity index is 1130. The fourth-order valence-corrected chi connectivity index (χ4v) is 5.61. The van der Waals surface area contributed by atoms with Gasteiger partial charge in [-0.05, 0) is 37.1 Å². The van der Waals surface area contributed by atoms with Gasteiger partial charge in [0.15, 0.2) is 5.76 Å². The van der Waals surface area contributed by atoms with Gasteiger partial charge in [0, 0.05) is 29.1 Å². The SMILES string of the molecule is C=c1/c(=C\C(OC)=C(/CC)OC)c(CCC(=O)O)cn1S(=O)(=O)c1ccc(C)s1. The minimum absolute atomic E-state index is 0.139. The predicted octanol–water partition coefficient (Wildman–Crippen LogP) is 2.22. The first-order chi connectivity index (χ1) is 13.6. The standard InChI is InChI=1S/C20H25NO6S2/c1-6-17(26-4)18(27-5)11-16-14(3)21(12-15(16)8-9-19(22)23)29(24,25)20-10-7-13(2)28-20/h7,10-12H,3,6,8-9H2,1-2,4-5H3,(H,22,23)/b16-11+,18-17-. The second-order valence-electron chi connectivity index (χ2n) is 6.27. The summed E-state index contributed by atoms with van der Waals surface area (Å²) in [5, 5.41) is 9.81.